The van der Waals surface area contributed by atoms with Gasteiger partial charge in [0.05, 0.1) is 27.4 Å². The molecule has 0 radical (unpaired) electrons. The lowest BCUT2D eigenvalue weighted by Crippen LogP contribution is -2.41. The van der Waals surface area contributed by atoms with Crippen molar-refractivity contribution in [2.45, 2.75) is 25.4 Å². The molecule has 9 heteroatoms. The van der Waals surface area contributed by atoms with Crippen LogP contribution in [0.4, 0.5) is 4.79 Å². The van der Waals surface area contributed by atoms with Gasteiger partial charge >= 0.3 is 6.03 Å². The molecule has 0 fully saturated rings. The minimum atomic E-state index is -0.541. The van der Waals surface area contributed by atoms with Gasteiger partial charge in [0.2, 0.25) is 5.91 Å². The van der Waals surface area contributed by atoms with Crippen LogP contribution in [0, 0.1) is 5.92 Å². The van der Waals surface area contributed by atoms with Crippen LogP contribution in [0.25, 0.3) is 16.6 Å². The summed E-state index contributed by atoms with van der Waals surface area (Å²) in [5, 5.41) is 6.09. The Hall–Kier alpha value is -2.84. The molecule has 1 aromatic heterocycles. The number of carbonyl (C=O) groups is 2. The highest BCUT2D eigenvalue weighted by Gasteiger charge is 2.17. The van der Waals surface area contributed by atoms with Crippen LogP contribution in [0.1, 0.15) is 20.3 Å². The first kappa shape index (κ1) is 22.8. The van der Waals surface area contributed by atoms with Crippen molar-refractivity contribution in [3.63, 3.8) is 0 Å². The summed E-state index contributed by atoms with van der Waals surface area (Å²) in [6.45, 7) is 4.59. The average Bonchev–Trinajstić information content (AvgIpc) is 2.73. The second-order valence-corrected chi connectivity index (χ2v) is 8.63. The molecule has 0 spiro atoms. The number of imide groups is 1. The van der Waals surface area contributed by atoms with Crippen LogP contribution in [-0.4, -0.2) is 33.8 Å². The molecule has 31 heavy (non-hydrogen) atoms. The van der Waals surface area contributed by atoms with Crippen LogP contribution in [-0.2, 0) is 4.79 Å². The van der Waals surface area contributed by atoms with Crippen LogP contribution >= 0.6 is 23.4 Å². The number of fused-ring (bicyclic) bond motifs is 1. The number of nitrogens with one attached hydrogen (secondary N) is 2. The quantitative estimate of drug-likeness (QED) is 0.412. The Kier molecular flexibility index (Phi) is 7.70. The van der Waals surface area contributed by atoms with Crippen LogP contribution in [0.3, 0.4) is 0 Å². The molecule has 0 atom stereocenters. The summed E-state index contributed by atoms with van der Waals surface area (Å²) >= 11 is 7.39. The zero-order chi connectivity index (χ0) is 22.4. The smallest absolute Gasteiger partial charge is 0.321 e. The van der Waals surface area contributed by atoms with E-state index in [4.69, 9.17) is 11.6 Å². The fourth-order valence-electron chi connectivity index (χ4n) is 2.87. The van der Waals surface area contributed by atoms with Gasteiger partial charge in [0, 0.05) is 6.54 Å². The van der Waals surface area contributed by atoms with Crippen LogP contribution in [0.5, 0.6) is 0 Å². The van der Waals surface area contributed by atoms with Gasteiger partial charge in [-0.15, -0.1) is 0 Å². The van der Waals surface area contributed by atoms with E-state index >= 15 is 0 Å². The van der Waals surface area contributed by atoms with Crippen molar-refractivity contribution in [3.8, 4) is 5.69 Å². The van der Waals surface area contributed by atoms with Crippen LogP contribution in [0.2, 0.25) is 5.02 Å². The van der Waals surface area contributed by atoms with Crippen molar-refractivity contribution in [1.29, 1.82) is 0 Å². The number of carbonyl (C=O) groups excluding carboxylic acids is 2. The normalized spacial score (nSPS) is 11.0. The third-order valence-electron chi connectivity index (χ3n) is 4.43. The maximum absolute atomic E-state index is 13.2. The molecule has 1 heterocycles. The molecule has 0 aliphatic carbocycles. The number of benzene rings is 2. The Morgan fingerprint density at radius 2 is 1.84 bits per heavy atom. The van der Waals surface area contributed by atoms with Crippen molar-refractivity contribution < 1.29 is 9.59 Å². The lowest BCUT2D eigenvalue weighted by molar-refractivity contribution is -0.117. The fraction of sp³-hybridized carbons (Fsp3) is 0.273. The first-order valence-corrected chi connectivity index (χ1v) is 11.2. The summed E-state index contributed by atoms with van der Waals surface area (Å²) < 4.78 is 1.39. The van der Waals surface area contributed by atoms with Gasteiger partial charge in [0.1, 0.15) is 0 Å². The summed E-state index contributed by atoms with van der Waals surface area (Å²) in [4.78, 5) is 41.9. The van der Waals surface area contributed by atoms with E-state index in [9.17, 15) is 14.4 Å². The minimum Gasteiger partial charge on any atom is -0.338 e. The molecule has 162 valence electrons. The van der Waals surface area contributed by atoms with E-state index in [0.717, 1.165) is 18.2 Å². The molecular formula is C22H23ClN4O3S. The highest BCUT2D eigenvalue weighted by Crippen LogP contribution is 2.25. The number of thioether (sulfide) groups is 1. The average molecular weight is 459 g/mol. The van der Waals surface area contributed by atoms with E-state index in [2.05, 4.69) is 29.5 Å². The molecule has 3 rings (SSSR count). The van der Waals surface area contributed by atoms with Gasteiger partial charge < -0.3 is 5.32 Å². The number of amides is 3. The Morgan fingerprint density at radius 3 is 2.58 bits per heavy atom. The second-order valence-electron chi connectivity index (χ2n) is 7.28. The summed E-state index contributed by atoms with van der Waals surface area (Å²) in [5.74, 6) is -0.125. The van der Waals surface area contributed by atoms with Crippen molar-refractivity contribution in [1.82, 2.24) is 20.2 Å². The third kappa shape index (κ3) is 5.86. The van der Waals surface area contributed by atoms with Gasteiger partial charge in [-0.05, 0) is 36.6 Å². The standard InChI is InChI=1S/C22H23ClN4O3S/c1-14(2)11-12-24-21(30)26-19(28)13-31-22-25-17-9-5-3-7-15(17)20(29)27(22)18-10-6-4-8-16(18)23/h3-10,14H,11-13H2,1-2H3,(H2,24,26,28,30). The largest absolute Gasteiger partial charge is 0.338 e. The van der Waals surface area contributed by atoms with Gasteiger partial charge in [-0.25, -0.2) is 9.78 Å². The Balaban J connectivity index is 1.82. The molecule has 3 aromatic rings. The van der Waals surface area contributed by atoms with Gasteiger partial charge in [-0.3, -0.25) is 19.5 Å². The van der Waals surface area contributed by atoms with Crippen LogP contribution in [0.15, 0.2) is 58.5 Å². The van der Waals surface area contributed by atoms with E-state index in [1.54, 1.807) is 48.5 Å². The monoisotopic (exact) mass is 458 g/mol. The molecule has 0 saturated carbocycles. The highest BCUT2D eigenvalue weighted by molar-refractivity contribution is 7.99. The highest BCUT2D eigenvalue weighted by atomic mass is 35.5. The van der Waals surface area contributed by atoms with Crippen molar-refractivity contribution in [2.24, 2.45) is 5.92 Å². The number of hydrogen-bond acceptors (Lipinski definition) is 5. The summed E-state index contributed by atoms with van der Waals surface area (Å²) in [6, 6.07) is 13.4. The van der Waals surface area contributed by atoms with Gasteiger partial charge in [-0.1, -0.05) is 61.5 Å². The molecule has 7 nitrogen and oxygen atoms in total. The van der Waals surface area contributed by atoms with E-state index < -0.39 is 11.9 Å². The molecule has 2 aromatic carbocycles. The van der Waals surface area contributed by atoms with Crippen molar-refractivity contribution >= 4 is 46.2 Å². The predicted octanol–water partition coefficient (Wildman–Crippen LogP) is 4.00. The Morgan fingerprint density at radius 1 is 1.13 bits per heavy atom. The van der Waals surface area contributed by atoms with Gasteiger partial charge in [0.25, 0.3) is 5.56 Å². The van der Waals surface area contributed by atoms with Crippen LogP contribution < -0.4 is 16.2 Å². The van der Waals surface area contributed by atoms with Crippen molar-refractivity contribution in [2.75, 3.05) is 12.3 Å². The third-order valence-corrected chi connectivity index (χ3v) is 5.69. The van der Waals surface area contributed by atoms with Crippen molar-refractivity contribution in [3.05, 3.63) is 63.9 Å². The maximum Gasteiger partial charge on any atom is 0.321 e. The predicted molar refractivity (Wildman–Crippen MR) is 124 cm³/mol. The topological polar surface area (TPSA) is 93.1 Å². The number of hydrogen-bond donors (Lipinski definition) is 2. The molecule has 0 aliphatic rings. The Labute approximate surface area is 189 Å². The number of aromatic nitrogens is 2. The zero-order valence-electron chi connectivity index (χ0n) is 17.2. The lowest BCUT2D eigenvalue weighted by atomic mass is 10.1. The molecule has 0 unspecified atom stereocenters. The van der Waals surface area contributed by atoms with E-state index in [0.29, 0.717) is 39.2 Å². The molecule has 3 amide bonds. The molecule has 2 N–H and O–H groups in total. The Bertz CT molecular complexity index is 1160. The van der Waals surface area contributed by atoms with E-state index in [1.165, 1.54) is 4.57 Å². The number of rotatable bonds is 7. The molecule has 0 aliphatic heterocycles. The molecule has 0 saturated heterocycles. The summed E-state index contributed by atoms with van der Waals surface area (Å²) in [5.41, 5.74) is 0.708. The number of urea groups is 1. The second kappa shape index (κ2) is 10.5. The zero-order valence-corrected chi connectivity index (χ0v) is 18.8. The number of para-hydroxylation sites is 2. The maximum atomic E-state index is 13.2. The first-order valence-electron chi connectivity index (χ1n) is 9.84. The SMILES string of the molecule is CC(C)CCNC(=O)NC(=O)CSc1nc2ccccc2c(=O)n1-c1ccccc1Cl. The lowest BCUT2D eigenvalue weighted by Gasteiger charge is -2.14. The first-order chi connectivity index (χ1) is 14.9. The fourth-order valence-corrected chi connectivity index (χ4v) is 3.89. The van der Waals surface area contributed by atoms with E-state index in [-0.39, 0.29) is 11.3 Å². The summed E-state index contributed by atoms with van der Waals surface area (Å²) in [7, 11) is 0. The van der Waals surface area contributed by atoms with Gasteiger partial charge in [0.15, 0.2) is 5.16 Å². The minimum absolute atomic E-state index is 0.0904. The molecular weight excluding hydrogens is 436 g/mol. The number of halogens is 1. The van der Waals surface area contributed by atoms with Gasteiger partial charge in [-0.2, -0.15) is 0 Å². The number of nitrogens with zero attached hydrogens (tertiary/aromatic N) is 2. The molecule has 0 bridgehead atoms. The van der Waals surface area contributed by atoms with E-state index in [1.807, 2.05) is 0 Å². The summed E-state index contributed by atoms with van der Waals surface area (Å²) in [6.07, 6.45) is 0.821.